The van der Waals surface area contributed by atoms with Crippen molar-refractivity contribution in [3.8, 4) is 11.1 Å². The minimum absolute atomic E-state index is 0.00245. The number of aryl methyl sites for hydroxylation is 2. The molecular weight excluding hydrogens is 442 g/mol. The summed E-state index contributed by atoms with van der Waals surface area (Å²) in [5.41, 5.74) is 10.1. The lowest BCUT2D eigenvalue weighted by molar-refractivity contribution is -0.129. The number of ketones is 1. The van der Waals surface area contributed by atoms with Gasteiger partial charge in [0.25, 0.3) is 0 Å². The third-order valence-corrected chi connectivity index (χ3v) is 7.82. The molecule has 2 aromatic heterocycles. The quantitative estimate of drug-likeness (QED) is 0.436. The summed E-state index contributed by atoms with van der Waals surface area (Å²) in [5.74, 6) is 1.07. The Morgan fingerprint density at radius 2 is 1.94 bits per heavy atom. The van der Waals surface area contributed by atoms with E-state index in [1.165, 1.54) is 16.0 Å². The molecule has 0 saturated heterocycles. The normalized spacial score (nSPS) is 18.5. The van der Waals surface area contributed by atoms with Crippen LogP contribution >= 0.6 is 11.3 Å². The number of amides is 1. The zero-order chi connectivity index (χ0) is 24.1. The molecule has 1 saturated carbocycles. The molecule has 1 fully saturated rings. The lowest BCUT2D eigenvalue weighted by Crippen LogP contribution is -2.41. The summed E-state index contributed by atoms with van der Waals surface area (Å²) in [4.78, 5) is 31.1. The number of carbonyl (C=O) groups excluding carboxylic acids is 2. The highest BCUT2D eigenvalue weighted by Gasteiger charge is 2.31. The Bertz CT molecular complexity index is 1140. The van der Waals surface area contributed by atoms with Crippen LogP contribution in [0.2, 0.25) is 0 Å². The Morgan fingerprint density at radius 1 is 1.15 bits per heavy atom. The van der Waals surface area contributed by atoms with Crippen molar-refractivity contribution in [2.75, 3.05) is 5.73 Å². The Balaban J connectivity index is 1.23. The number of hydrogen-bond acceptors (Lipinski definition) is 5. The van der Waals surface area contributed by atoms with Crippen LogP contribution in [-0.4, -0.2) is 22.7 Å². The molecule has 2 heterocycles. The van der Waals surface area contributed by atoms with Crippen molar-refractivity contribution in [3.05, 3.63) is 70.0 Å². The van der Waals surface area contributed by atoms with E-state index in [1.54, 1.807) is 24.3 Å². The SMILES string of the molecule is Cc1nc(N)ccc1CCC(=O)[C@H](C)NC(=O)[C@@H]1CC[C@@H](Cc2cc(-c3ccccc3)cs2)C1. The molecule has 1 amide bonds. The molecule has 1 aromatic carbocycles. The lowest BCUT2D eigenvalue weighted by atomic mass is 9.99. The fourth-order valence-electron chi connectivity index (χ4n) is 4.81. The molecule has 6 heteroatoms. The van der Waals surface area contributed by atoms with E-state index in [2.05, 4.69) is 46.0 Å². The standard InChI is InChI=1S/C28H33N3O2S/c1-18-21(11-13-27(29)30-18)10-12-26(32)19(2)31-28(33)23-9-8-20(14-23)15-25-16-24(17-34-25)22-6-4-3-5-7-22/h3-7,11,13,16-17,19-20,23H,8-10,12,14-15H2,1-2H3,(H2,29,30)(H,31,33)/t19-,20+,23+/m0/s1. The van der Waals surface area contributed by atoms with Crippen LogP contribution in [0, 0.1) is 18.8 Å². The number of nitrogen functional groups attached to an aromatic ring is 1. The number of aromatic nitrogens is 1. The second-order valence-corrected chi connectivity index (χ2v) is 10.4. The fraction of sp³-hybridized carbons (Fsp3) is 0.393. The first-order chi connectivity index (χ1) is 16.4. The molecule has 3 aromatic rings. The average molecular weight is 476 g/mol. The van der Waals surface area contributed by atoms with E-state index in [0.29, 0.717) is 24.6 Å². The van der Waals surface area contributed by atoms with E-state index in [1.807, 2.05) is 19.1 Å². The van der Waals surface area contributed by atoms with Gasteiger partial charge in [0.05, 0.1) is 6.04 Å². The van der Waals surface area contributed by atoms with Gasteiger partial charge in [-0.25, -0.2) is 4.98 Å². The van der Waals surface area contributed by atoms with Crippen LogP contribution in [0.4, 0.5) is 5.82 Å². The van der Waals surface area contributed by atoms with Crippen LogP contribution in [0.5, 0.6) is 0 Å². The average Bonchev–Trinajstić information content (AvgIpc) is 3.49. The predicted octanol–water partition coefficient (Wildman–Crippen LogP) is 5.37. The van der Waals surface area contributed by atoms with Crippen LogP contribution in [0.25, 0.3) is 11.1 Å². The van der Waals surface area contributed by atoms with Gasteiger partial charge in [-0.2, -0.15) is 0 Å². The van der Waals surface area contributed by atoms with Crippen molar-refractivity contribution in [2.24, 2.45) is 11.8 Å². The second-order valence-electron chi connectivity index (χ2n) is 9.43. The molecule has 0 radical (unpaired) electrons. The maximum Gasteiger partial charge on any atom is 0.223 e. The van der Waals surface area contributed by atoms with Gasteiger partial charge in [-0.15, -0.1) is 11.3 Å². The number of anilines is 1. The number of nitrogens with one attached hydrogen (secondary N) is 1. The Hall–Kier alpha value is -2.99. The maximum absolute atomic E-state index is 12.8. The highest BCUT2D eigenvalue weighted by atomic mass is 32.1. The van der Waals surface area contributed by atoms with Crippen LogP contribution in [0.15, 0.2) is 53.9 Å². The van der Waals surface area contributed by atoms with Gasteiger partial charge in [-0.1, -0.05) is 36.4 Å². The van der Waals surface area contributed by atoms with E-state index in [0.717, 1.165) is 36.9 Å². The largest absolute Gasteiger partial charge is 0.384 e. The van der Waals surface area contributed by atoms with Crippen molar-refractivity contribution in [2.45, 2.75) is 58.4 Å². The molecule has 5 nitrogen and oxygen atoms in total. The fourth-order valence-corrected chi connectivity index (χ4v) is 5.82. The van der Waals surface area contributed by atoms with E-state index in [9.17, 15) is 9.59 Å². The zero-order valence-corrected chi connectivity index (χ0v) is 20.7. The molecule has 1 aliphatic rings. The van der Waals surface area contributed by atoms with Crippen LogP contribution in [0.3, 0.4) is 0 Å². The highest BCUT2D eigenvalue weighted by molar-refractivity contribution is 7.10. The molecule has 3 atom stereocenters. The first kappa shape index (κ1) is 24.1. The van der Waals surface area contributed by atoms with Crippen molar-refractivity contribution in [1.29, 1.82) is 0 Å². The summed E-state index contributed by atoms with van der Waals surface area (Å²) < 4.78 is 0. The number of hydrogen-bond donors (Lipinski definition) is 2. The molecule has 0 bridgehead atoms. The molecule has 34 heavy (non-hydrogen) atoms. The van der Waals surface area contributed by atoms with Crippen molar-refractivity contribution < 1.29 is 9.59 Å². The van der Waals surface area contributed by atoms with Crippen LogP contribution in [0.1, 0.15) is 48.7 Å². The Labute approximate surface area is 205 Å². The minimum atomic E-state index is -0.473. The smallest absolute Gasteiger partial charge is 0.223 e. The van der Waals surface area contributed by atoms with E-state index in [4.69, 9.17) is 5.73 Å². The van der Waals surface area contributed by atoms with Gasteiger partial charge in [-0.05, 0) is 86.1 Å². The summed E-state index contributed by atoms with van der Waals surface area (Å²) in [6.07, 6.45) is 4.85. The van der Waals surface area contributed by atoms with Crippen molar-refractivity contribution in [3.63, 3.8) is 0 Å². The first-order valence-electron chi connectivity index (χ1n) is 12.1. The monoisotopic (exact) mass is 475 g/mol. The molecule has 4 rings (SSSR count). The second kappa shape index (κ2) is 11.0. The molecule has 178 valence electrons. The number of rotatable bonds is 9. The minimum Gasteiger partial charge on any atom is -0.384 e. The number of Topliss-reactive ketones (excluding diaryl/α,β-unsaturated/α-hetero) is 1. The highest BCUT2D eigenvalue weighted by Crippen LogP contribution is 2.36. The van der Waals surface area contributed by atoms with Gasteiger partial charge in [0.1, 0.15) is 5.82 Å². The third-order valence-electron chi connectivity index (χ3n) is 6.86. The lowest BCUT2D eigenvalue weighted by Gasteiger charge is -2.17. The number of benzene rings is 1. The number of carbonyl (C=O) groups is 2. The molecule has 0 unspecified atom stereocenters. The summed E-state index contributed by atoms with van der Waals surface area (Å²) in [6, 6.07) is 15.9. The van der Waals surface area contributed by atoms with Gasteiger partial charge in [-0.3, -0.25) is 9.59 Å². The molecule has 3 N–H and O–H groups in total. The van der Waals surface area contributed by atoms with Gasteiger partial charge in [0, 0.05) is 22.9 Å². The van der Waals surface area contributed by atoms with Crippen molar-refractivity contribution in [1.82, 2.24) is 10.3 Å². The topological polar surface area (TPSA) is 85.1 Å². The van der Waals surface area contributed by atoms with Crippen LogP contribution < -0.4 is 11.1 Å². The maximum atomic E-state index is 12.8. The van der Waals surface area contributed by atoms with E-state index in [-0.39, 0.29) is 17.6 Å². The zero-order valence-electron chi connectivity index (χ0n) is 19.9. The van der Waals surface area contributed by atoms with Crippen molar-refractivity contribution >= 4 is 28.8 Å². The Morgan fingerprint density at radius 3 is 2.71 bits per heavy atom. The molecule has 0 aliphatic heterocycles. The molecular formula is C28H33N3O2S. The van der Waals surface area contributed by atoms with Gasteiger partial charge >= 0.3 is 0 Å². The van der Waals surface area contributed by atoms with Gasteiger partial charge in [0.15, 0.2) is 5.78 Å². The van der Waals surface area contributed by atoms with E-state index < -0.39 is 6.04 Å². The third kappa shape index (κ3) is 6.11. The summed E-state index contributed by atoms with van der Waals surface area (Å²) in [6.45, 7) is 3.69. The predicted molar refractivity (Wildman–Crippen MR) is 139 cm³/mol. The number of nitrogens with zero attached hydrogens (tertiary/aromatic N) is 1. The summed E-state index contributed by atoms with van der Waals surface area (Å²) in [5, 5.41) is 5.19. The van der Waals surface area contributed by atoms with Gasteiger partial charge < -0.3 is 11.1 Å². The molecule has 0 spiro atoms. The van der Waals surface area contributed by atoms with Gasteiger partial charge in [0.2, 0.25) is 5.91 Å². The summed E-state index contributed by atoms with van der Waals surface area (Å²) in [7, 11) is 0. The Kier molecular flexibility index (Phi) is 7.78. The number of pyridine rings is 1. The van der Waals surface area contributed by atoms with Crippen LogP contribution in [-0.2, 0) is 22.4 Å². The number of nitrogens with two attached hydrogens (primary N) is 1. The molecule has 1 aliphatic carbocycles. The summed E-state index contributed by atoms with van der Waals surface area (Å²) >= 11 is 1.80. The first-order valence-corrected chi connectivity index (χ1v) is 12.9. The number of thiophene rings is 1. The van der Waals surface area contributed by atoms with E-state index >= 15 is 0 Å².